The predicted octanol–water partition coefficient (Wildman–Crippen LogP) is 1.67. The summed E-state index contributed by atoms with van der Waals surface area (Å²) >= 11 is 0. The van der Waals surface area contributed by atoms with Crippen molar-refractivity contribution in [1.82, 2.24) is 5.43 Å². The zero-order valence-electron chi connectivity index (χ0n) is 9.12. The predicted molar refractivity (Wildman–Crippen MR) is 60.8 cm³/mol. The van der Waals surface area contributed by atoms with Gasteiger partial charge in [0.2, 0.25) is 0 Å². The van der Waals surface area contributed by atoms with Crippen LogP contribution in [0.15, 0.2) is 29.4 Å². The van der Waals surface area contributed by atoms with Gasteiger partial charge in [-0.3, -0.25) is 10.1 Å². The number of nitrogens with zero attached hydrogens (tertiary/aromatic N) is 2. The number of ether oxygens (including phenoxy) is 1. The van der Waals surface area contributed by atoms with Gasteiger partial charge in [0.05, 0.1) is 17.7 Å². The molecule has 0 aliphatic rings. The molecule has 0 radical (unpaired) electrons. The van der Waals surface area contributed by atoms with Crippen LogP contribution in [-0.2, 0) is 4.74 Å². The van der Waals surface area contributed by atoms with E-state index in [1.54, 1.807) is 6.92 Å². The SMILES string of the molecule is CCOC(=O)N/N=C/c1ccc([N+](=O)[O-])cc1. The molecule has 7 nitrogen and oxygen atoms in total. The summed E-state index contributed by atoms with van der Waals surface area (Å²) < 4.78 is 4.58. The molecule has 0 fully saturated rings. The van der Waals surface area contributed by atoms with Crippen LogP contribution >= 0.6 is 0 Å². The third kappa shape index (κ3) is 4.29. The second-order valence-corrected chi connectivity index (χ2v) is 2.94. The van der Waals surface area contributed by atoms with Gasteiger partial charge in [-0.1, -0.05) is 0 Å². The van der Waals surface area contributed by atoms with Crippen LogP contribution in [0.25, 0.3) is 0 Å². The lowest BCUT2D eigenvalue weighted by atomic mass is 10.2. The Morgan fingerprint density at radius 1 is 1.53 bits per heavy atom. The average Bonchev–Trinajstić information content (AvgIpc) is 2.30. The second kappa shape index (κ2) is 6.21. The lowest BCUT2D eigenvalue weighted by molar-refractivity contribution is -0.384. The number of benzene rings is 1. The van der Waals surface area contributed by atoms with Crippen molar-refractivity contribution in [3.05, 3.63) is 39.9 Å². The molecule has 0 aliphatic carbocycles. The lowest BCUT2D eigenvalue weighted by Crippen LogP contribution is -2.18. The first kappa shape index (κ1) is 12.6. The van der Waals surface area contributed by atoms with Gasteiger partial charge in [0.25, 0.3) is 5.69 Å². The number of rotatable bonds is 4. The van der Waals surface area contributed by atoms with Crippen molar-refractivity contribution in [3.63, 3.8) is 0 Å². The molecule has 1 rings (SSSR count). The fourth-order valence-electron chi connectivity index (χ4n) is 1.00. The van der Waals surface area contributed by atoms with Crippen LogP contribution in [0.5, 0.6) is 0 Å². The second-order valence-electron chi connectivity index (χ2n) is 2.94. The molecule has 1 N–H and O–H groups in total. The van der Waals surface area contributed by atoms with E-state index in [0.717, 1.165) is 0 Å². The van der Waals surface area contributed by atoms with Crippen LogP contribution in [0.4, 0.5) is 10.5 Å². The maximum Gasteiger partial charge on any atom is 0.427 e. The normalized spacial score (nSPS) is 10.2. The zero-order valence-corrected chi connectivity index (χ0v) is 9.12. The van der Waals surface area contributed by atoms with Gasteiger partial charge in [0, 0.05) is 12.1 Å². The fraction of sp³-hybridized carbons (Fsp3) is 0.200. The quantitative estimate of drug-likeness (QED) is 0.489. The zero-order chi connectivity index (χ0) is 12.7. The monoisotopic (exact) mass is 237 g/mol. The van der Waals surface area contributed by atoms with E-state index in [1.807, 2.05) is 0 Å². The first-order chi connectivity index (χ1) is 8.13. The fourth-order valence-corrected chi connectivity index (χ4v) is 1.00. The Kier molecular flexibility index (Phi) is 4.61. The molecular weight excluding hydrogens is 226 g/mol. The van der Waals surface area contributed by atoms with Crippen molar-refractivity contribution < 1.29 is 14.5 Å². The molecule has 0 atom stereocenters. The van der Waals surface area contributed by atoms with E-state index < -0.39 is 11.0 Å². The van der Waals surface area contributed by atoms with Crippen LogP contribution in [0.2, 0.25) is 0 Å². The number of nitrogens with one attached hydrogen (secondary N) is 1. The third-order valence-corrected chi connectivity index (χ3v) is 1.75. The molecule has 0 heterocycles. The molecule has 0 aliphatic heterocycles. The van der Waals surface area contributed by atoms with Gasteiger partial charge < -0.3 is 4.74 Å². The molecule has 1 aromatic rings. The Morgan fingerprint density at radius 3 is 2.71 bits per heavy atom. The van der Waals surface area contributed by atoms with E-state index >= 15 is 0 Å². The number of non-ortho nitro benzene ring substituents is 1. The average molecular weight is 237 g/mol. The van der Waals surface area contributed by atoms with Crippen molar-refractivity contribution in [3.8, 4) is 0 Å². The van der Waals surface area contributed by atoms with E-state index in [2.05, 4.69) is 15.3 Å². The number of amides is 1. The minimum Gasteiger partial charge on any atom is -0.449 e. The summed E-state index contributed by atoms with van der Waals surface area (Å²) in [7, 11) is 0. The first-order valence-corrected chi connectivity index (χ1v) is 4.83. The first-order valence-electron chi connectivity index (χ1n) is 4.83. The van der Waals surface area contributed by atoms with E-state index in [9.17, 15) is 14.9 Å². The number of carbonyl (C=O) groups is 1. The molecule has 7 heteroatoms. The van der Waals surface area contributed by atoms with Crippen molar-refractivity contribution in [2.24, 2.45) is 5.10 Å². The highest BCUT2D eigenvalue weighted by Crippen LogP contribution is 2.10. The highest BCUT2D eigenvalue weighted by molar-refractivity contribution is 5.81. The Bertz CT molecular complexity index is 428. The highest BCUT2D eigenvalue weighted by atomic mass is 16.6. The highest BCUT2D eigenvalue weighted by Gasteiger charge is 2.02. The summed E-state index contributed by atoms with van der Waals surface area (Å²) in [6, 6.07) is 5.75. The van der Waals surface area contributed by atoms with Gasteiger partial charge in [0.15, 0.2) is 0 Å². The molecule has 0 aromatic heterocycles. The van der Waals surface area contributed by atoms with Crippen molar-refractivity contribution in [2.75, 3.05) is 6.61 Å². The van der Waals surface area contributed by atoms with E-state index in [4.69, 9.17) is 0 Å². The lowest BCUT2D eigenvalue weighted by Gasteiger charge is -1.98. The number of nitro benzene ring substituents is 1. The Balaban J connectivity index is 2.54. The van der Waals surface area contributed by atoms with Crippen LogP contribution in [0, 0.1) is 10.1 Å². The molecule has 0 bridgehead atoms. The number of hydrogen-bond donors (Lipinski definition) is 1. The third-order valence-electron chi connectivity index (χ3n) is 1.75. The van der Waals surface area contributed by atoms with Gasteiger partial charge in [-0.15, -0.1) is 0 Å². The van der Waals surface area contributed by atoms with Crippen LogP contribution in [0.3, 0.4) is 0 Å². The Morgan fingerprint density at radius 2 is 2.18 bits per heavy atom. The number of carbonyl (C=O) groups excluding carboxylic acids is 1. The topological polar surface area (TPSA) is 93.8 Å². The van der Waals surface area contributed by atoms with Crippen LogP contribution in [0.1, 0.15) is 12.5 Å². The van der Waals surface area contributed by atoms with Gasteiger partial charge in [-0.05, 0) is 24.6 Å². The number of hydrazone groups is 1. The van der Waals surface area contributed by atoms with Crippen molar-refractivity contribution in [2.45, 2.75) is 6.92 Å². The molecule has 1 aromatic carbocycles. The molecule has 1 amide bonds. The summed E-state index contributed by atoms with van der Waals surface area (Å²) in [5.74, 6) is 0. The molecule has 0 unspecified atom stereocenters. The number of nitro groups is 1. The van der Waals surface area contributed by atoms with E-state index in [0.29, 0.717) is 5.56 Å². The summed E-state index contributed by atoms with van der Waals surface area (Å²) in [5.41, 5.74) is 2.78. The Labute approximate surface area is 97.2 Å². The van der Waals surface area contributed by atoms with Crippen molar-refractivity contribution in [1.29, 1.82) is 0 Å². The molecule has 17 heavy (non-hydrogen) atoms. The standard InChI is InChI=1S/C10H11N3O4/c1-2-17-10(14)12-11-7-8-3-5-9(6-4-8)13(15)16/h3-7H,2H2,1H3,(H,12,14)/b11-7+. The largest absolute Gasteiger partial charge is 0.449 e. The van der Waals surface area contributed by atoms with Crippen LogP contribution < -0.4 is 5.43 Å². The maximum absolute atomic E-state index is 10.8. The van der Waals surface area contributed by atoms with E-state index in [1.165, 1.54) is 30.5 Å². The molecule has 90 valence electrons. The maximum atomic E-state index is 10.8. The van der Waals surface area contributed by atoms with Crippen molar-refractivity contribution >= 4 is 18.0 Å². The van der Waals surface area contributed by atoms with Gasteiger partial charge in [-0.25, -0.2) is 10.2 Å². The van der Waals surface area contributed by atoms with Gasteiger partial charge in [-0.2, -0.15) is 5.10 Å². The Hall–Kier alpha value is -2.44. The molecule has 0 saturated heterocycles. The minimum atomic E-state index is -0.648. The number of hydrogen-bond acceptors (Lipinski definition) is 5. The van der Waals surface area contributed by atoms with E-state index in [-0.39, 0.29) is 12.3 Å². The van der Waals surface area contributed by atoms with Gasteiger partial charge >= 0.3 is 6.09 Å². The van der Waals surface area contributed by atoms with Gasteiger partial charge in [0.1, 0.15) is 0 Å². The molecule has 0 spiro atoms. The minimum absolute atomic E-state index is 0.000465. The molecule has 0 saturated carbocycles. The smallest absolute Gasteiger partial charge is 0.427 e. The molecular formula is C10H11N3O4. The summed E-state index contributed by atoms with van der Waals surface area (Å²) in [6.45, 7) is 1.94. The van der Waals surface area contributed by atoms with Crippen LogP contribution in [-0.4, -0.2) is 23.8 Å². The summed E-state index contributed by atoms with van der Waals surface area (Å²) in [5, 5.41) is 14.0. The summed E-state index contributed by atoms with van der Waals surface area (Å²) in [4.78, 5) is 20.7. The summed E-state index contributed by atoms with van der Waals surface area (Å²) in [6.07, 6.45) is 0.714.